The fourth-order valence-electron chi connectivity index (χ4n) is 7.90. The molecule has 5 saturated heterocycles. The highest BCUT2D eigenvalue weighted by Crippen LogP contribution is 2.58. The second kappa shape index (κ2) is 9.23. The Morgan fingerprint density at radius 2 is 1.82 bits per heavy atom. The third-order valence-corrected chi connectivity index (χ3v) is 10.3. The summed E-state index contributed by atoms with van der Waals surface area (Å²) in [6.45, 7) is 14.8. The van der Waals surface area contributed by atoms with E-state index in [0.717, 1.165) is 37.7 Å². The van der Waals surface area contributed by atoms with Crippen LogP contribution in [0.2, 0.25) is 0 Å². The number of cyclic esters (lactones) is 1. The number of esters is 1. The average Bonchev–Trinajstić information content (AvgIpc) is 3.20. The van der Waals surface area contributed by atoms with Crippen molar-refractivity contribution in [2.24, 2.45) is 23.2 Å². The number of ether oxygens (including phenoxy) is 4. The second-order valence-corrected chi connectivity index (χ2v) is 13.5. The minimum Gasteiger partial charge on any atom is -0.462 e. The van der Waals surface area contributed by atoms with Crippen molar-refractivity contribution in [3.8, 4) is 0 Å². The highest BCUT2D eigenvalue weighted by molar-refractivity contribution is 5.90. The fraction of sp³-hybridized carbons (Fsp3) is 0.800. The first kappa shape index (κ1) is 28.0. The molecule has 0 amide bonds. The summed E-state index contributed by atoms with van der Waals surface area (Å²) in [6, 6.07) is 0. The molecule has 6 aliphatic rings. The normalized spacial score (nSPS) is 44.0. The predicted octanol–water partition coefficient (Wildman–Crippen LogP) is 3.98. The second-order valence-electron chi connectivity index (χ2n) is 13.5. The van der Waals surface area contributed by atoms with Crippen LogP contribution in [0.5, 0.6) is 0 Å². The Morgan fingerprint density at radius 1 is 1.08 bits per heavy atom. The van der Waals surface area contributed by atoms with E-state index in [1.165, 1.54) is 0 Å². The van der Waals surface area contributed by atoms with Gasteiger partial charge in [0.25, 0.3) is 5.79 Å². The number of carbonyl (C=O) groups excluding carboxylic acids is 2. The molecule has 8 heteroatoms. The lowest BCUT2D eigenvalue weighted by Crippen LogP contribution is -2.81. The molecule has 1 saturated carbocycles. The monoisotopic (exact) mass is 532 g/mol. The summed E-state index contributed by atoms with van der Waals surface area (Å²) >= 11 is 0. The minimum atomic E-state index is -2.01. The third kappa shape index (κ3) is 4.22. The molecule has 2 bridgehead atoms. The number of hydrogen-bond acceptors (Lipinski definition) is 8. The van der Waals surface area contributed by atoms with E-state index in [9.17, 15) is 19.8 Å². The Bertz CT molecular complexity index is 1030. The lowest BCUT2D eigenvalue weighted by molar-refractivity contribution is -0.496. The van der Waals surface area contributed by atoms with Gasteiger partial charge in [-0.15, -0.1) is 0 Å². The van der Waals surface area contributed by atoms with Gasteiger partial charge in [-0.2, -0.15) is 0 Å². The molecule has 212 valence electrons. The molecule has 8 nitrogen and oxygen atoms in total. The van der Waals surface area contributed by atoms with E-state index in [-0.39, 0.29) is 29.5 Å². The first-order chi connectivity index (χ1) is 17.6. The van der Waals surface area contributed by atoms with E-state index in [2.05, 4.69) is 20.4 Å². The van der Waals surface area contributed by atoms with Crippen LogP contribution in [-0.2, 0) is 28.5 Å². The summed E-state index contributed by atoms with van der Waals surface area (Å²) in [5.41, 5.74) is -0.680. The molecule has 0 aromatic rings. The quantitative estimate of drug-likeness (QED) is 0.311. The number of aliphatic hydroxyl groups excluding tert-OH is 1. The van der Waals surface area contributed by atoms with Crippen molar-refractivity contribution in [2.75, 3.05) is 13.2 Å². The Balaban J connectivity index is 1.21. The van der Waals surface area contributed by atoms with Crippen LogP contribution in [0.1, 0.15) is 86.0 Å². The molecule has 7 unspecified atom stereocenters. The van der Waals surface area contributed by atoms with Gasteiger partial charge in [-0.3, -0.25) is 4.79 Å². The van der Waals surface area contributed by atoms with Crippen molar-refractivity contribution in [3.05, 3.63) is 23.8 Å². The first-order valence-corrected chi connectivity index (χ1v) is 14.2. The molecule has 7 atom stereocenters. The zero-order valence-corrected chi connectivity index (χ0v) is 23.5. The van der Waals surface area contributed by atoms with Crippen LogP contribution >= 0.6 is 0 Å². The molecular weight excluding hydrogens is 488 g/mol. The van der Waals surface area contributed by atoms with E-state index < -0.39 is 28.9 Å². The Morgan fingerprint density at radius 3 is 2.42 bits per heavy atom. The molecule has 1 spiro atoms. The van der Waals surface area contributed by atoms with Gasteiger partial charge < -0.3 is 29.2 Å². The van der Waals surface area contributed by atoms with Crippen LogP contribution < -0.4 is 0 Å². The van der Waals surface area contributed by atoms with Crippen molar-refractivity contribution in [3.63, 3.8) is 0 Å². The van der Waals surface area contributed by atoms with Gasteiger partial charge in [0, 0.05) is 30.8 Å². The van der Waals surface area contributed by atoms with Crippen molar-refractivity contribution < 1.29 is 38.7 Å². The van der Waals surface area contributed by atoms with Gasteiger partial charge in [-0.1, -0.05) is 26.0 Å². The number of rotatable bonds is 5. The lowest BCUT2D eigenvalue weighted by Gasteiger charge is -2.65. The molecule has 5 aliphatic heterocycles. The lowest BCUT2D eigenvalue weighted by atomic mass is 9.57. The predicted molar refractivity (Wildman–Crippen MR) is 139 cm³/mol. The number of aliphatic hydroxyl groups is 2. The summed E-state index contributed by atoms with van der Waals surface area (Å²) in [5.74, 6) is -3.24. The van der Waals surface area contributed by atoms with Crippen LogP contribution in [0.15, 0.2) is 23.8 Å². The van der Waals surface area contributed by atoms with Crippen LogP contribution in [-0.4, -0.2) is 64.1 Å². The van der Waals surface area contributed by atoms with Gasteiger partial charge in [0.2, 0.25) is 5.79 Å². The molecule has 0 aromatic heterocycles. The fourth-order valence-corrected chi connectivity index (χ4v) is 7.90. The maximum absolute atomic E-state index is 12.7. The number of hydrogen-bond donors (Lipinski definition) is 2. The van der Waals surface area contributed by atoms with Crippen LogP contribution in [0, 0.1) is 23.2 Å². The molecule has 0 radical (unpaired) electrons. The van der Waals surface area contributed by atoms with Gasteiger partial charge in [-0.05, 0) is 76.2 Å². The van der Waals surface area contributed by atoms with Gasteiger partial charge in [0.05, 0.1) is 19.3 Å². The third-order valence-electron chi connectivity index (χ3n) is 10.3. The van der Waals surface area contributed by atoms with Gasteiger partial charge in [0.15, 0.2) is 5.78 Å². The average molecular weight is 533 g/mol. The SMILES string of the molecule is C=C1CCC(CCC2CCC3(OC2)OC2(O)C(=O)CC3(C)OC2(C)C)C(C)(C)C1C(O)C=C1CCOC1=O. The van der Waals surface area contributed by atoms with Crippen LogP contribution in [0.4, 0.5) is 0 Å². The molecule has 6 fully saturated rings. The summed E-state index contributed by atoms with van der Waals surface area (Å²) < 4.78 is 23.8. The maximum Gasteiger partial charge on any atom is 0.333 e. The van der Waals surface area contributed by atoms with Crippen molar-refractivity contribution in [1.29, 1.82) is 0 Å². The number of ketones is 1. The van der Waals surface area contributed by atoms with Gasteiger partial charge in [-0.25, -0.2) is 4.79 Å². The summed E-state index contributed by atoms with van der Waals surface area (Å²) in [6.07, 6.45) is 6.77. The molecule has 6 rings (SSSR count). The summed E-state index contributed by atoms with van der Waals surface area (Å²) in [5, 5.41) is 22.3. The first-order valence-electron chi connectivity index (χ1n) is 14.2. The standard InChI is InChI=1S/C30H44O8/c1-18-7-9-21(26(2,3)24(18)22(31)15-20-12-14-35-25(20)33)10-8-19-11-13-29(36-17-19)28(6)16-23(32)30(34,38-29)27(4,5)37-28/h15,19,21-22,24,31,34H,1,7-14,16-17H2,2-6H3. The molecule has 0 aromatic carbocycles. The van der Waals surface area contributed by atoms with Crippen molar-refractivity contribution >= 4 is 11.8 Å². The maximum atomic E-state index is 12.7. The van der Waals surface area contributed by atoms with E-state index >= 15 is 0 Å². The van der Waals surface area contributed by atoms with Crippen LogP contribution in [0.3, 0.4) is 0 Å². The van der Waals surface area contributed by atoms with E-state index in [1.807, 2.05) is 6.92 Å². The molecule has 38 heavy (non-hydrogen) atoms. The smallest absolute Gasteiger partial charge is 0.333 e. The molecule has 2 N–H and O–H groups in total. The summed E-state index contributed by atoms with van der Waals surface area (Å²) in [4.78, 5) is 24.6. The Kier molecular flexibility index (Phi) is 6.79. The zero-order chi connectivity index (χ0) is 27.7. The van der Waals surface area contributed by atoms with E-state index in [1.54, 1.807) is 19.9 Å². The number of carbonyl (C=O) groups is 2. The highest BCUT2D eigenvalue weighted by atomic mass is 16.8. The number of Topliss-reactive ketones (excluding diaryl/α,β-unsaturated/α-hetero) is 1. The largest absolute Gasteiger partial charge is 0.462 e. The molecule has 1 aliphatic carbocycles. The topological polar surface area (TPSA) is 112 Å². The van der Waals surface area contributed by atoms with E-state index in [0.29, 0.717) is 43.5 Å². The van der Waals surface area contributed by atoms with Crippen molar-refractivity contribution in [1.82, 2.24) is 0 Å². The number of fused-ring (bicyclic) bond motifs is 2. The summed E-state index contributed by atoms with van der Waals surface area (Å²) in [7, 11) is 0. The molecular formula is C30H44O8. The highest BCUT2D eigenvalue weighted by Gasteiger charge is 2.74. The van der Waals surface area contributed by atoms with Gasteiger partial charge >= 0.3 is 5.97 Å². The zero-order valence-electron chi connectivity index (χ0n) is 23.5. The Labute approximate surface area is 225 Å². The minimum absolute atomic E-state index is 0.0648. The van der Waals surface area contributed by atoms with Gasteiger partial charge in [0.1, 0.15) is 11.2 Å². The molecule has 5 heterocycles. The Hall–Kier alpha value is -1.58. The van der Waals surface area contributed by atoms with Crippen molar-refractivity contribution in [2.45, 2.75) is 115 Å². The van der Waals surface area contributed by atoms with Crippen LogP contribution in [0.25, 0.3) is 0 Å². The van der Waals surface area contributed by atoms with E-state index in [4.69, 9.17) is 18.9 Å².